The van der Waals surface area contributed by atoms with Crippen molar-refractivity contribution >= 4 is 5.82 Å². The number of aromatic nitrogens is 2. The van der Waals surface area contributed by atoms with Gasteiger partial charge in [0.25, 0.3) is 5.56 Å². The van der Waals surface area contributed by atoms with E-state index in [0.29, 0.717) is 5.82 Å². The number of aromatic amines is 1. The molecule has 1 aromatic rings. The first kappa shape index (κ1) is 14.7. The van der Waals surface area contributed by atoms with Crippen LogP contribution in [0, 0.1) is 0 Å². The Morgan fingerprint density at radius 1 is 1.39 bits per heavy atom. The summed E-state index contributed by atoms with van der Waals surface area (Å²) in [5.41, 5.74) is -0.0931. The quantitative estimate of drug-likeness (QED) is 0.724. The van der Waals surface area contributed by atoms with Gasteiger partial charge in [0.15, 0.2) is 0 Å². The van der Waals surface area contributed by atoms with Gasteiger partial charge in [0.1, 0.15) is 11.6 Å². The fourth-order valence-electron chi connectivity index (χ4n) is 1.61. The molecule has 0 aliphatic carbocycles. The van der Waals surface area contributed by atoms with Crippen molar-refractivity contribution in [2.75, 3.05) is 32.5 Å². The fraction of sp³-hybridized carbons (Fsp3) is 0.692. The van der Waals surface area contributed by atoms with Gasteiger partial charge >= 0.3 is 0 Å². The minimum Gasteiger partial charge on any atom is -0.370 e. The lowest BCUT2D eigenvalue weighted by Gasteiger charge is -2.10. The van der Waals surface area contributed by atoms with Crippen molar-refractivity contribution in [2.24, 2.45) is 0 Å². The fourth-order valence-corrected chi connectivity index (χ4v) is 1.61. The third-order valence-corrected chi connectivity index (χ3v) is 2.65. The normalized spacial score (nSPS) is 11.2. The van der Waals surface area contributed by atoms with Crippen LogP contribution in [-0.4, -0.2) is 42.1 Å². The molecule has 0 atom stereocenters. The number of nitrogens with one attached hydrogen (secondary N) is 2. The molecule has 18 heavy (non-hydrogen) atoms. The second-order valence-corrected chi connectivity index (χ2v) is 5.11. The molecule has 1 rings (SSSR count). The van der Waals surface area contributed by atoms with E-state index in [1.165, 1.54) is 6.07 Å². The van der Waals surface area contributed by atoms with Crippen LogP contribution in [0.25, 0.3) is 0 Å². The zero-order valence-electron chi connectivity index (χ0n) is 11.8. The summed E-state index contributed by atoms with van der Waals surface area (Å²) in [6.07, 6.45) is 2.21. The lowest BCUT2D eigenvalue weighted by molar-refractivity contribution is 0.396. The van der Waals surface area contributed by atoms with Crippen LogP contribution in [-0.2, 0) is 0 Å². The zero-order valence-corrected chi connectivity index (χ0v) is 11.8. The first-order chi connectivity index (χ1) is 8.49. The molecule has 0 spiro atoms. The number of rotatable bonds is 7. The van der Waals surface area contributed by atoms with Crippen LogP contribution in [0.2, 0.25) is 0 Å². The lowest BCUT2D eigenvalue weighted by Crippen LogP contribution is -2.16. The number of unbranched alkanes of at least 4 members (excludes halogenated alkanes) is 1. The molecule has 0 saturated heterocycles. The molecule has 0 unspecified atom stereocenters. The Labute approximate surface area is 109 Å². The summed E-state index contributed by atoms with van der Waals surface area (Å²) in [5, 5.41) is 3.20. The van der Waals surface area contributed by atoms with Gasteiger partial charge in [0.2, 0.25) is 0 Å². The van der Waals surface area contributed by atoms with E-state index < -0.39 is 0 Å². The Bertz CT molecular complexity index is 412. The van der Waals surface area contributed by atoms with E-state index in [2.05, 4.69) is 34.3 Å². The van der Waals surface area contributed by atoms with Crippen LogP contribution in [0.15, 0.2) is 10.9 Å². The molecular weight excluding hydrogens is 228 g/mol. The van der Waals surface area contributed by atoms with E-state index in [-0.39, 0.29) is 11.5 Å². The Morgan fingerprint density at radius 2 is 2.11 bits per heavy atom. The third-order valence-electron chi connectivity index (χ3n) is 2.65. The van der Waals surface area contributed by atoms with Gasteiger partial charge in [-0.2, -0.15) is 0 Å². The lowest BCUT2D eigenvalue weighted by atomic mass is 10.2. The number of hydrogen-bond donors (Lipinski definition) is 2. The van der Waals surface area contributed by atoms with E-state index in [1.54, 1.807) is 0 Å². The van der Waals surface area contributed by atoms with Crippen LogP contribution >= 0.6 is 0 Å². The molecule has 0 fully saturated rings. The molecule has 102 valence electrons. The van der Waals surface area contributed by atoms with Gasteiger partial charge < -0.3 is 15.2 Å². The zero-order chi connectivity index (χ0) is 13.5. The summed E-state index contributed by atoms with van der Waals surface area (Å²) in [5.74, 6) is 1.64. The smallest absolute Gasteiger partial charge is 0.252 e. The summed E-state index contributed by atoms with van der Waals surface area (Å²) < 4.78 is 0. The highest BCUT2D eigenvalue weighted by molar-refractivity contribution is 5.33. The van der Waals surface area contributed by atoms with Gasteiger partial charge in [-0.1, -0.05) is 13.8 Å². The van der Waals surface area contributed by atoms with Crippen molar-refractivity contribution in [1.29, 1.82) is 0 Å². The molecule has 0 radical (unpaired) electrons. The highest BCUT2D eigenvalue weighted by Crippen LogP contribution is 2.09. The van der Waals surface area contributed by atoms with Crippen molar-refractivity contribution in [1.82, 2.24) is 14.9 Å². The number of nitrogens with zero attached hydrogens (tertiary/aromatic N) is 2. The topological polar surface area (TPSA) is 61.0 Å². The molecule has 2 N–H and O–H groups in total. The van der Waals surface area contributed by atoms with Crippen LogP contribution in [0.4, 0.5) is 5.82 Å². The average molecular weight is 252 g/mol. The minimum absolute atomic E-state index is 0.0931. The van der Waals surface area contributed by atoms with E-state index in [1.807, 2.05) is 13.8 Å². The summed E-state index contributed by atoms with van der Waals surface area (Å²) in [6.45, 7) is 5.96. The summed E-state index contributed by atoms with van der Waals surface area (Å²) in [7, 11) is 4.14. The Kier molecular flexibility index (Phi) is 5.85. The van der Waals surface area contributed by atoms with Gasteiger partial charge in [-0.15, -0.1) is 0 Å². The van der Waals surface area contributed by atoms with Crippen molar-refractivity contribution < 1.29 is 0 Å². The SMILES string of the molecule is CC(C)c1nc(NCCCCN(C)C)cc(=O)[nH]1. The summed E-state index contributed by atoms with van der Waals surface area (Å²) >= 11 is 0. The largest absolute Gasteiger partial charge is 0.370 e. The van der Waals surface area contributed by atoms with Gasteiger partial charge in [-0.25, -0.2) is 4.98 Å². The monoisotopic (exact) mass is 252 g/mol. The van der Waals surface area contributed by atoms with E-state index >= 15 is 0 Å². The van der Waals surface area contributed by atoms with Crippen molar-refractivity contribution in [3.05, 3.63) is 22.2 Å². The maximum Gasteiger partial charge on any atom is 0.252 e. The average Bonchev–Trinajstić information content (AvgIpc) is 2.27. The highest BCUT2D eigenvalue weighted by Gasteiger charge is 2.04. The molecule has 0 aliphatic rings. The summed E-state index contributed by atoms with van der Waals surface area (Å²) in [6, 6.07) is 1.51. The first-order valence-electron chi connectivity index (χ1n) is 6.49. The molecule has 1 aromatic heterocycles. The Balaban J connectivity index is 2.45. The number of H-pyrrole nitrogens is 1. The van der Waals surface area contributed by atoms with E-state index in [9.17, 15) is 4.79 Å². The molecule has 0 bridgehead atoms. The maximum absolute atomic E-state index is 11.5. The highest BCUT2D eigenvalue weighted by atomic mass is 16.1. The second-order valence-electron chi connectivity index (χ2n) is 5.11. The van der Waals surface area contributed by atoms with Crippen LogP contribution in [0.1, 0.15) is 38.4 Å². The molecule has 0 aromatic carbocycles. The Morgan fingerprint density at radius 3 is 2.72 bits per heavy atom. The van der Waals surface area contributed by atoms with Gasteiger partial charge in [0.05, 0.1) is 0 Å². The summed E-state index contributed by atoms with van der Waals surface area (Å²) in [4.78, 5) is 20.8. The first-order valence-corrected chi connectivity index (χ1v) is 6.49. The van der Waals surface area contributed by atoms with Crippen LogP contribution in [0.5, 0.6) is 0 Å². The maximum atomic E-state index is 11.5. The van der Waals surface area contributed by atoms with Crippen molar-refractivity contribution in [3.63, 3.8) is 0 Å². The molecular formula is C13H24N4O. The van der Waals surface area contributed by atoms with Gasteiger partial charge in [-0.05, 0) is 33.5 Å². The van der Waals surface area contributed by atoms with Crippen LogP contribution in [0.3, 0.4) is 0 Å². The molecule has 5 heteroatoms. The van der Waals surface area contributed by atoms with E-state index in [4.69, 9.17) is 0 Å². The predicted molar refractivity (Wildman–Crippen MR) is 75.2 cm³/mol. The van der Waals surface area contributed by atoms with Gasteiger partial charge in [-0.3, -0.25) is 4.79 Å². The molecule has 0 amide bonds. The number of anilines is 1. The van der Waals surface area contributed by atoms with Crippen LogP contribution < -0.4 is 10.9 Å². The predicted octanol–water partition coefficient (Wildman–Crippen LogP) is 1.65. The second kappa shape index (κ2) is 7.16. The third kappa shape index (κ3) is 5.31. The minimum atomic E-state index is -0.0931. The molecule has 0 saturated carbocycles. The molecule has 0 aliphatic heterocycles. The Hall–Kier alpha value is -1.36. The number of hydrogen-bond acceptors (Lipinski definition) is 4. The van der Waals surface area contributed by atoms with Gasteiger partial charge in [0, 0.05) is 18.5 Å². The van der Waals surface area contributed by atoms with E-state index in [0.717, 1.165) is 31.8 Å². The standard InChI is InChI=1S/C13H24N4O/c1-10(2)13-15-11(9-12(18)16-13)14-7-5-6-8-17(3)4/h9-10H,5-8H2,1-4H3,(H2,14,15,16,18). The molecule has 1 heterocycles. The van der Waals surface area contributed by atoms with Crippen molar-refractivity contribution in [3.8, 4) is 0 Å². The van der Waals surface area contributed by atoms with Crippen molar-refractivity contribution in [2.45, 2.75) is 32.6 Å². The molecule has 5 nitrogen and oxygen atoms in total.